The van der Waals surface area contributed by atoms with Crippen LogP contribution in [-0.2, 0) is 5.41 Å². The Balaban J connectivity index is 1.99. The summed E-state index contributed by atoms with van der Waals surface area (Å²) in [6.45, 7) is 13.0. The summed E-state index contributed by atoms with van der Waals surface area (Å²) < 4.78 is 6.13. The molecule has 0 aliphatic carbocycles. The Morgan fingerprint density at radius 2 is 1.48 bits per heavy atom. The Labute approximate surface area is 160 Å². The van der Waals surface area contributed by atoms with Gasteiger partial charge >= 0.3 is 0 Å². The molecule has 5 heteroatoms. The van der Waals surface area contributed by atoms with Crippen LogP contribution in [0.4, 0.5) is 17.1 Å². The number of rotatable bonds is 1. The molecule has 3 aromatic rings. The number of aromatic nitrogens is 3. The molecular weight excluding hydrogens is 336 g/mol. The molecule has 0 saturated carbocycles. The first-order chi connectivity index (χ1) is 12.8. The lowest BCUT2D eigenvalue weighted by atomic mass is 9.84. The van der Waals surface area contributed by atoms with Gasteiger partial charge in [-0.15, -0.1) is 0 Å². The molecule has 27 heavy (non-hydrogen) atoms. The molecule has 1 aliphatic rings. The highest BCUT2D eigenvalue weighted by atomic mass is 16.5. The van der Waals surface area contributed by atoms with Crippen LogP contribution in [0.2, 0.25) is 0 Å². The van der Waals surface area contributed by atoms with Crippen molar-refractivity contribution in [3.05, 3.63) is 59.2 Å². The van der Waals surface area contributed by atoms with E-state index in [0.29, 0.717) is 5.75 Å². The van der Waals surface area contributed by atoms with Crippen LogP contribution in [-0.4, -0.2) is 15.2 Å². The van der Waals surface area contributed by atoms with Gasteiger partial charge in [0, 0.05) is 11.8 Å². The normalized spacial score (nSPS) is 13.0. The third-order valence-electron chi connectivity index (χ3n) is 5.00. The molecule has 2 aromatic heterocycles. The lowest BCUT2D eigenvalue weighted by Crippen LogP contribution is -2.20. The second-order valence-electron chi connectivity index (χ2n) is 8.19. The molecule has 0 amide bonds. The number of pyridine rings is 1. The number of nitrogens with zero attached hydrogens (tertiary/aromatic N) is 4. The zero-order chi connectivity index (χ0) is 19.3. The van der Waals surface area contributed by atoms with Crippen LogP contribution in [0.25, 0.3) is 0 Å². The van der Waals surface area contributed by atoms with Gasteiger partial charge in [0.25, 0.3) is 0 Å². The Hall–Kier alpha value is -2.95. The van der Waals surface area contributed by atoms with E-state index in [0.717, 1.165) is 28.4 Å². The summed E-state index contributed by atoms with van der Waals surface area (Å²) in [5.74, 6) is 1.51. The molecule has 0 spiro atoms. The fourth-order valence-electron chi connectivity index (χ4n) is 3.60. The summed E-state index contributed by atoms with van der Waals surface area (Å²) in [6, 6.07) is 4.55. The lowest BCUT2D eigenvalue weighted by molar-refractivity contribution is 0.468. The number of benzene rings is 1. The van der Waals surface area contributed by atoms with Gasteiger partial charge in [0.05, 0.1) is 24.3 Å². The minimum Gasteiger partial charge on any atom is -0.451 e. The van der Waals surface area contributed by atoms with Crippen molar-refractivity contribution in [1.82, 2.24) is 15.2 Å². The predicted octanol–water partition coefficient (Wildman–Crippen LogP) is 5.67. The van der Waals surface area contributed by atoms with Crippen molar-refractivity contribution >= 4 is 17.1 Å². The minimum atomic E-state index is 0.0957. The van der Waals surface area contributed by atoms with E-state index in [2.05, 4.69) is 66.8 Å². The van der Waals surface area contributed by atoms with Gasteiger partial charge in [-0.05, 0) is 42.9 Å². The molecule has 0 saturated heterocycles. The van der Waals surface area contributed by atoms with Gasteiger partial charge in [0.1, 0.15) is 11.4 Å². The minimum absolute atomic E-state index is 0.0957. The van der Waals surface area contributed by atoms with Gasteiger partial charge < -0.3 is 9.64 Å². The van der Waals surface area contributed by atoms with Gasteiger partial charge in [-0.2, -0.15) is 10.2 Å². The largest absolute Gasteiger partial charge is 0.451 e. The quantitative estimate of drug-likeness (QED) is 0.438. The van der Waals surface area contributed by atoms with Gasteiger partial charge in [0.15, 0.2) is 11.5 Å². The molecule has 4 rings (SSSR count). The maximum absolute atomic E-state index is 6.13. The fraction of sp³-hybridized carbons (Fsp3) is 0.318. The maximum atomic E-state index is 6.13. The number of aryl methyl sites for hydroxylation is 3. The van der Waals surface area contributed by atoms with Gasteiger partial charge in [-0.3, -0.25) is 4.98 Å². The number of fused-ring (bicyclic) bond motifs is 2. The lowest BCUT2D eigenvalue weighted by Gasteiger charge is -2.35. The monoisotopic (exact) mass is 360 g/mol. The predicted molar refractivity (Wildman–Crippen MR) is 107 cm³/mol. The van der Waals surface area contributed by atoms with Crippen LogP contribution in [0.15, 0.2) is 36.9 Å². The van der Waals surface area contributed by atoms with Crippen LogP contribution >= 0.6 is 0 Å². The van der Waals surface area contributed by atoms with E-state index in [1.54, 1.807) is 12.4 Å². The third kappa shape index (κ3) is 2.83. The molecule has 1 aliphatic heterocycles. The first-order valence-corrected chi connectivity index (χ1v) is 9.12. The van der Waals surface area contributed by atoms with Gasteiger partial charge in [-0.1, -0.05) is 32.9 Å². The summed E-state index contributed by atoms with van der Waals surface area (Å²) in [4.78, 5) is 6.60. The molecule has 0 N–H and O–H groups in total. The molecule has 0 atom stereocenters. The van der Waals surface area contributed by atoms with Crippen molar-refractivity contribution in [2.75, 3.05) is 4.90 Å². The average Bonchev–Trinajstić information content (AvgIpc) is 2.60. The second-order valence-corrected chi connectivity index (χ2v) is 8.19. The first-order valence-electron chi connectivity index (χ1n) is 9.12. The molecule has 0 fully saturated rings. The Bertz CT molecular complexity index is 1010. The smallest absolute Gasteiger partial charge is 0.173 e. The molecule has 0 bridgehead atoms. The van der Waals surface area contributed by atoms with Crippen molar-refractivity contribution in [3.8, 4) is 11.5 Å². The summed E-state index contributed by atoms with van der Waals surface area (Å²) in [7, 11) is 0. The van der Waals surface area contributed by atoms with E-state index >= 15 is 0 Å². The number of anilines is 3. The summed E-state index contributed by atoms with van der Waals surface area (Å²) in [5.41, 5.74) is 7.75. The highest BCUT2D eigenvalue weighted by Gasteiger charge is 2.30. The van der Waals surface area contributed by atoms with Crippen LogP contribution in [0, 0.1) is 20.8 Å². The fourth-order valence-corrected chi connectivity index (χ4v) is 3.60. The molecule has 5 nitrogen and oxygen atoms in total. The molecule has 138 valence electrons. The SMILES string of the molecule is Cc1cncc2c1Oc1cnncc1N2c1c(C)cc(C(C)(C)C)cc1C. The van der Waals surface area contributed by atoms with E-state index in [1.807, 2.05) is 19.3 Å². The highest BCUT2D eigenvalue weighted by molar-refractivity contribution is 5.88. The molecular formula is C22H24N4O. The summed E-state index contributed by atoms with van der Waals surface area (Å²) in [5, 5.41) is 8.10. The number of hydrogen-bond donors (Lipinski definition) is 0. The molecule has 3 heterocycles. The molecule has 0 unspecified atom stereocenters. The zero-order valence-electron chi connectivity index (χ0n) is 16.7. The second kappa shape index (κ2) is 6.05. The van der Waals surface area contributed by atoms with Crippen LogP contribution in [0.5, 0.6) is 11.5 Å². The summed E-state index contributed by atoms with van der Waals surface area (Å²) in [6.07, 6.45) is 7.08. The van der Waals surface area contributed by atoms with E-state index in [-0.39, 0.29) is 5.41 Å². The highest BCUT2D eigenvalue weighted by Crippen LogP contribution is 2.52. The number of hydrogen-bond acceptors (Lipinski definition) is 5. The topological polar surface area (TPSA) is 51.1 Å². The summed E-state index contributed by atoms with van der Waals surface area (Å²) >= 11 is 0. The molecule has 1 aromatic carbocycles. The van der Waals surface area contributed by atoms with Gasteiger partial charge in [-0.25, -0.2) is 0 Å². The van der Waals surface area contributed by atoms with Gasteiger partial charge in [0.2, 0.25) is 0 Å². The van der Waals surface area contributed by atoms with Crippen molar-refractivity contribution in [1.29, 1.82) is 0 Å². The van der Waals surface area contributed by atoms with Crippen molar-refractivity contribution in [3.63, 3.8) is 0 Å². The Morgan fingerprint density at radius 1 is 0.815 bits per heavy atom. The van der Waals surface area contributed by atoms with Crippen molar-refractivity contribution < 1.29 is 4.74 Å². The molecule has 0 radical (unpaired) electrons. The Kier molecular flexibility index (Phi) is 3.91. The van der Waals surface area contributed by atoms with Crippen LogP contribution < -0.4 is 9.64 Å². The first kappa shape index (κ1) is 17.5. The van der Waals surface area contributed by atoms with Crippen molar-refractivity contribution in [2.45, 2.75) is 47.0 Å². The third-order valence-corrected chi connectivity index (χ3v) is 5.00. The Morgan fingerprint density at radius 3 is 2.15 bits per heavy atom. The van der Waals surface area contributed by atoms with Crippen LogP contribution in [0.3, 0.4) is 0 Å². The van der Waals surface area contributed by atoms with E-state index in [1.165, 1.54) is 16.7 Å². The average molecular weight is 360 g/mol. The standard InChI is InChI=1S/C22H24N4O/c1-13-7-16(22(4,5)6)8-14(2)20(13)26-17-11-24-25-12-19(17)27-21-15(3)9-23-10-18(21)26/h7-12H,1-6H3. The van der Waals surface area contributed by atoms with Crippen LogP contribution in [0.1, 0.15) is 43.0 Å². The van der Waals surface area contributed by atoms with Crippen molar-refractivity contribution in [2.24, 2.45) is 0 Å². The van der Waals surface area contributed by atoms with E-state index in [9.17, 15) is 0 Å². The number of ether oxygens (including phenoxy) is 1. The van der Waals surface area contributed by atoms with E-state index < -0.39 is 0 Å². The maximum Gasteiger partial charge on any atom is 0.173 e. The zero-order valence-corrected chi connectivity index (χ0v) is 16.7. The van der Waals surface area contributed by atoms with E-state index in [4.69, 9.17) is 4.74 Å².